The van der Waals surface area contributed by atoms with E-state index in [9.17, 15) is 4.79 Å². The molecule has 7 rings (SSSR count). The van der Waals surface area contributed by atoms with Crippen LogP contribution in [0.2, 0.25) is 10.0 Å². The van der Waals surface area contributed by atoms with Gasteiger partial charge in [0.1, 0.15) is 6.33 Å². The molecule has 11 heteroatoms. The molecule has 0 saturated heterocycles. The highest BCUT2D eigenvalue weighted by Crippen LogP contribution is 2.64. The smallest absolute Gasteiger partial charge is 0.231 e. The number of amides is 1. The first-order valence-corrected chi connectivity index (χ1v) is 13.6. The van der Waals surface area contributed by atoms with Crippen molar-refractivity contribution in [2.24, 2.45) is 17.3 Å². The summed E-state index contributed by atoms with van der Waals surface area (Å²) in [5.41, 5.74) is 0.435. The molecule has 2 unspecified atom stereocenters. The first kappa shape index (κ1) is 23.0. The number of aromatic nitrogens is 5. The molecule has 3 aromatic rings. The van der Waals surface area contributed by atoms with Gasteiger partial charge in [-0.3, -0.25) is 9.48 Å². The van der Waals surface area contributed by atoms with Gasteiger partial charge in [-0.05, 0) is 99.9 Å². The number of hydrogen-bond donors (Lipinski definition) is 1. The molecule has 4 aliphatic carbocycles. The molecule has 4 bridgehead atoms. The predicted molar refractivity (Wildman–Crippen MR) is 137 cm³/mol. The van der Waals surface area contributed by atoms with E-state index in [1.54, 1.807) is 10.7 Å². The van der Waals surface area contributed by atoms with Crippen LogP contribution in [-0.4, -0.2) is 30.5 Å². The summed E-state index contributed by atoms with van der Waals surface area (Å²) in [4.78, 5) is 18.1. The van der Waals surface area contributed by atoms with Crippen LogP contribution in [-0.2, 0) is 16.9 Å². The minimum atomic E-state index is -0.407. The van der Waals surface area contributed by atoms with Crippen LogP contribution >= 0.6 is 55.1 Å². The van der Waals surface area contributed by atoms with Gasteiger partial charge in [0, 0.05) is 6.20 Å². The van der Waals surface area contributed by atoms with Crippen LogP contribution in [0.1, 0.15) is 44.1 Å². The van der Waals surface area contributed by atoms with Crippen molar-refractivity contribution in [3.8, 4) is 0 Å². The Hall–Kier alpha value is -1.42. The maximum atomic E-state index is 13.8. The average molecular weight is 629 g/mol. The van der Waals surface area contributed by atoms with Gasteiger partial charge in [0.2, 0.25) is 10.6 Å². The summed E-state index contributed by atoms with van der Waals surface area (Å²) in [5.74, 6) is 1.67. The molecular weight excluding hydrogens is 607 g/mol. The monoisotopic (exact) mass is 626 g/mol. The summed E-state index contributed by atoms with van der Waals surface area (Å²) in [7, 11) is 0. The van der Waals surface area contributed by atoms with E-state index in [0.29, 0.717) is 39.0 Å². The van der Waals surface area contributed by atoms with Crippen LogP contribution < -0.4 is 5.32 Å². The highest BCUT2D eigenvalue weighted by Gasteiger charge is 2.61. The normalized spacial score (nSPS) is 29.5. The first-order valence-electron chi connectivity index (χ1n) is 11.3. The first-order chi connectivity index (χ1) is 16.2. The second-order valence-electron chi connectivity index (χ2n) is 10.1. The van der Waals surface area contributed by atoms with Gasteiger partial charge in [-0.1, -0.05) is 29.3 Å². The largest absolute Gasteiger partial charge is 0.308 e. The van der Waals surface area contributed by atoms with Crippen LogP contribution in [0.5, 0.6) is 0 Å². The molecule has 178 valence electrons. The molecule has 2 atom stereocenters. The molecule has 0 aliphatic heterocycles. The van der Waals surface area contributed by atoms with E-state index >= 15 is 0 Å². The lowest BCUT2D eigenvalue weighted by Gasteiger charge is -2.60. The zero-order chi connectivity index (χ0) is 23.7. The third-order valence-corrected chi connectivity index (χ3v) is 9.42. The Morgan fingerprint density at radius 1 is 1.12 bits per heavy atom. The van der Waals surface area contributed by atoms with E-state index in [0.717, 1.165) is 42.1 Å². The highest BCUT2D eigenvalue weighted by atomic mass is 79.9. The number of halogens is 4. The number of nitrogens with zero attached hydrogens (tertiary/aromatic N) is 5. The molecule has 2 aromatic heterocycles. The van der Waals surface area contributed by atoms with Gasteiger partial charge >= 0.3 is 0 Å². The minimum absolute atomic E-state index is 0.0608. The minimum Gasteiger partial charge on any atom is -0.308 e. The fourth-order valence-electron chi connectivity index (χ4n) is 6.85. The van der Waals surface area contributed by atoms with E-state index in [4.69, 9.17) is 23.2 Å². The second-order valence-corrected chi connectivity index (χ2v) is 12.5. The average Bonchev–Trinajstić information content (AvgIpc) is 3.36. The van der Waals surface area contributed by atoms with Crippen molar-refractivity contribution in [1.29, 1.82) is 0 Å². The van der Waals surface area contributed by atoms with E-state index in [-0.39, 0.29) is 11.4 Å². The number of benzene rings is 1. The van der Waals surface area contributed by atoms with Crippen molar-refractivity contribution in [2.75, 3.05) is 5.32 Å². The van der Waals surface area contributed by atoms with Gasteiger partial charge in [-0.15, -0.1) is 5.10 Å². The molecule has 1 N–H and O–H groups in total. The number of anilines is 1. The van der Waals surface area contributed by atoms with Crippen LogP contribution in [0.25, 0.3) is 0 Å². The van der Waals surface area contributed by atoms with E-state index in [1.807, 2.05) is 29.3 Å². The Kier molecular flexibility index (Phi) is 5.63. The highest BCUT2D eigenvalue weighted by molar-refractivity contribution is 9.10. The van der Waals surface area contributed by atoms with E-state index < -0.39 is 5.41 Å². The van der Waals surface area contributed by atoms with Crippen molar-refractivity contribution >= 4 is 66.8 Å². The Bertz CT molecular complexity index is 1280. The maximum Gasteiger partial charge on any atom is 0.231 e. The van der Waals surface area contributed by atoms with Crippen molar-refractivity contribution in [3.63, 3.8) is 0 Å². The Labute approximate surface area is 223 Å². The maximum absolute atomic E-state index is 13.8. The van der Waals surface area contributed by atoms with Gasteiger partial charge in [-0.25, -0.2) is 9.67 Å². The number of nitrogens with one attached hydrogen (secondary N) is 1. The lowest BCUT2D eigenvalue weighted by atomic mass is 9.46. The quantitative estimate of drug-likeness (QED) is 0.360. The second kappa shape index (κ2) is 8.32. The fourth-order valence-corrected chi connectivity index (χ4v) is 7.85. The number of carbonyl (C=O) groups excluding carboxylic acids is 1. The van der Waals surface area contributed by atoms with E-state index in [1.165, 1.54) is 6.42 Å². The number of rotatable bonds is 5. The SMILES string of the molecule is O=C(Nc1nn(Cc2ccc(Cl)c(Cl)c2)cc1Br)C12CC3CC(C1)CC(n1cnc(Br)n1)(C3)C2. The van der Waals surface area contributed by atoms with Crippen LogP contribution in [0.4, 0.5) is 5.82 Å². The molecule has 7 nitrogen and oxygen atoms in total. The standard InChI is InChI=1S/C23H22Br2Cl2N6O/c24-16-10-32(9-13-1-2-17(26)18(27)4-13)30-19(16)29-20(34)22-5-14-3-15(6-22)8-23(7-14,11-22)33-12-28-21(25)31-33/h1-2,4,10,12,14-15H,3,5-9,11H2,(H,29,30,34). The molecule has 0 radical (unpaired) electrons. The van der Waals surface area contributed by atoms with Gasteiger partial charge in [-0.2, -0.15) is 5.10 Å². The molecule has 0 spiro atoms. The molecule has 4 saturated carbocycles. The van der Waals surface area contributed by atoms with Crippen molar-refractivity contribution in [3.05, 3.63) is 55.5 Å². The van der Waals surface area contributed by atoms with Crippen molar-refractivity contribution in [2.45, 2.75) is 50.6 Å². The molecule has 2 heterocycles. The van der Waals surface area contributed by atoms with Gasteiger partial charge in [0.05, 0.1) is 32.0 Å². The zero-order valence-electron chi connectivity index (χ0n) is 18.1. The summed E-state index contributed by atoms with van der Waals surface area (Å²) < 4.78 is 5.14. The molecule has 1 amide bonds. The Morgan fingerprint density at radius 2 is 1.88 bits per heavy atom. The molecule has 4 fully saturated rings. The predicted octanol–water partition coefficient (Wildman–Crippen LogP) is 6.29. The van der Waals surface area contributed by atoms with Crippen molar-refractivity contribution in [1.82, 2.24) is 24.5 Å². The lowest BCUT2D eigenvalue weighted by Crippen LogP contribution is -2.60. The van der Waals surface area contributed by atoms with Crippen LogP contribution in [0.15, 0.2) is 39.9 Å². The molecule has 1 aromatic carbocycles. The third kappa shape index (κ3) is 3.92. The topological polar surface area (TPSA) is 77.6 Å². The Morgan fingerprint density at radius 3 is 2.56 bits per heavy atom. The number of carbonyl (C=O) groups is 1. The van der Waals surface area contributed by atoms with Crippen LogP contribution in [0.3, 0.4) is 0 Å². The van der Waals surface area contributed by atoms with Crippen molar-refractivity contribution < 1.29 is 4.79 Å². The summed E-state index contributed by atoms with van der Waals surface area (Å²) >= 11 is 19.1. The molecular formula is C23H22Br2Cl2N6O. The third-order valence-electron chi connectivity index (χ3n) is 7.74. The zero-order valence-corrected chi connectivity index (χ0v) is 22.8. The Balaban J connectivity index is 1.23. The lowest BCUT2D eigenvalue weighted by molar-refractivity contribution is -0.150. The summed E-state index contributed by atoms with van der Waals surface area (Å²) in [6.45, 7) is 0.519. The summed E-state index contributed by atoms with van der Waals surface area (Å²) in [6, 6.07) is 5.52. The molecule has 34 heavy (non-hydrogen) atoms. The summed E-state index contributed by atoms with van der Waals surface area (Å²) in [5, 5.41) is 13.4. The van der Waals surface area contributed by atoms with Gasteiger partial charge < -0.3 is 5.32 Å². The summed E-state index contributed by atoms with van der Waals surface area (Å²) in [6.07, 6.45) is 9.65. The van der Waals surface area contributed by atoms with Gasteiger partial charge in [0.15, 0.2) is 5.82 Å². The number of hydrogen-bond acceptors (Lipinski definition) is 4. The molecule has 4 aliphatic rings. The van der Waals surface area contributed by atoms with E-state index in [2.05, 4.69) is 52.4 Å². The van der Waals surface area contributed by atoms with Crippen LogP contribution in [0, 0.1) is 17.3 Å². The fraction of sp³-hybridized carbons (Fsp3) is 0.478. The van der Waals surface area contributed by atoms with Gasteiger partial charge in [0.25, 0.3) is 0 Å².